The monoisotopic (exact) mass is 1530 g/mol. The van der Waals surface area contributed by atoms with E-state index in [4.69, 9.17) is 56.6 Å². The predicted octanol–water partition coefficient (Wildman–Crippen LogP) is 23.2. The number of nitriles is 3. The highest BCUT2D eigenvalue weighted by Crippen LogP contribution is 2.32. The van der Waals surface area contributed by atoms with Crippen molar-refractivity contribution in [1.82, 2.24) is 0 Å². The molecule has 6 aromatic carbocycles. The molecule has 0 saturated carbocycles. The van der Waals surface area contributed by atoms with E-state index in [2.05, 4.69) is 133 Å². The molecule has 0 radical (unpaired) electrons. The molecule has 1 N–H and O–H groups in total. The Morgan fingerprint density at radius 3 is 0.648 bits per heavy atom. The van der Waals surface area contributed by atoms with Crippen LogP contribution in [0.1, 0.15) is 132 Å². The predicted molar refractivity (Wildman–Crippen MR) is 448 cm³/mol. The van der Waals surface area contributed by atoms with Gasteiger partial charge in [-0.05, 0) is 260 Å². The molecule has 105 heavy (non-hydrogen) atoms. The van der Waals surface area contributed by atoms with E-state index in [1.165, 1.54) is 0 Å². The van der Waals surface area contributed by atoms with Gasteiger partial charge >= 0.3 is 0 Å². The molecule has 0 aromatic heterocycles. The Labute approximate surface area is 640 Å². The standard InChI is InChI=1S/C86H129N3O10Si6/c1-100(2,97-103(7,8)64-28-16-22-58-94-83-49-43-80(44-50-83)77-37-31-74(67-87)32-38-77)61-25-13-19-55-91-71-86(70-90,72-92-56-20-14-26-62-101(3,4)98-104(9,10)65-29-17-23-59-95-84-51-45-81(46-52-84)78-39-33-75(68-88)34-40-78)73-93-57-21-15-27-63-102(5,6)99-105(11,12)66-30-18-24-60-96-85-53-47-82(48-54-85)79-41-35-76(69-89)36-42-79/h31-54,90H,13-30,55-66,70-73H2,1-12H3. The minimum absolute atomic E-state index is 0.0569. The molecular formula is C86H129N3O10Si6. The van der Waals surface area contributed by atoms with Crippen LogP contribution in [0.2, 0.25) is 115 Å². The third kappa shape index (κ3) is 35.9. The molecule has 0 atom stereocenters. The molecule has 19 heteroatoms. The second-order valence-corrected chi connectivity index (χ2v) is 59.3. The molecule has 0 heterocycles. The van der Waals surface area contributed by atoms with Gasteiger partial charge in [-0.15, -0.1) is 0 Å². The Hall–Kier alpha value is -5.79. The summed E-state index contributed by atoms with van der Waals surface area (Å²) in [7, 11) is -11.0. The number of hydrogen-bond acceptors (Lipinski definition) is 13. The maximum atomic E-state index is 11.1. The van der Waals surface area contributed by atoms with E-state index in [-0.39, 0.29) is 6.61 Å². The van der Waals surface area contributed by atoms with Crippen molar-refractivity contribution in [3.8, 4) is 68.8 Å². The molecule has 0 spiro atoms. The molecule has 0 aliphatic carbocycles. The van der Waals surface area contributed by atoms with Crippen LogP contribution in [0.25, 0.3) is 33.4 Å². The van der Waals surface area contributed by atoms with Gasteiger partial charge in [-0.25, -0.2) is 0 Å². The average Bonchev–Trinajstić information content (AvgIpc) is 0.887. The summed E-state index contributed by atoms with van der Waals surface area (Å²) in [6, 6.07) is 61.1. The maximum Gasteiger partial charge on any atom is 0.173 e. The van der Waals surface area contributed by atoms with Crippen molar-refractivity contribution < 1.29 is 45.9 Å². The van der Waals surface area contributed by atoms with Crippen molar-refractivity contribution in [3.05, 3.63) is 162 Å². The largest absolute Gasteiger partial charge is 0.494 e. The summed E-state index contributed by atoms with van der Waals surface area (Å²) in [6.07, 6.45) is 19.5. The van der Waals surface area contributed by atoms with Crippen molar-refractivity contribution in [2.24, 2.45) is 5.41 Å². The lowest BCUT2D eigenvalue weighted by Gasteiger charge is -2.34. The zero-order valence-corrected chi connectivity index (χ0v) is 72.4. The number of ether oxygens (including phenoxy) is 6. The van der Waals surface area contributed by atoms with Gasteiger partial charge in [0.25, 0.3) is 0 Å². The van der Waals surface area contributed by atoms with Gasteiger partial charge in [-0.1, -0.05) is 150 Å². The molecule has 0 fully saturated rings. The molecule has 0 saturated heterocycles. The second-order valence-electron chi connectivity index (χ2n) is 32.7. The zero-order chi connectivity index (χ0) is 75.9. The van der Waals surface area contributed by atoms with Crippen LogP contribution in [0.5, 0.6) is 17.2 Å². The number of rotatable bonds is 55. The Kier molecular flexibility index (Phi) is 38.5. The highest BCUT2D eigenvalue weighted by atomic mass is 28.4. The summed E-state index contributed by atoms with van der Waals surface area (Å²) in [5.74, 6) is 2.65. The maximum absolute atomic E-state index is 11.1. The quantitative estimate of drug-likeness (QED) is 0.0282. The number of unbranched alkanes of at least 4 members (excludes halogenated alkanes) is 12. The van der Waals surface area contributed by atoms with Crippen LogP contribution < -0.4 is 14.2 Å². The minimum atomic E-state index is -1.84. The van der Waals surface area contributed by atoms with Gasteiger partial charge in [0, 0.05) is 19.8 Å². The normalized spacial score (nSPS) is 12.4. The smallest absolute Gasteiger partial charge is 0.173 e. The van der Waals surface area contributed by atoms with E-state index >= 15 is 0 Å². The summed E-state index contributed by atoms with van der Waals surface area (Å²) in [5.41, 5.74) is 7.96. The number of nitrogens with zero attached hydrogens (tertiary/aromatic N) is 3. The van der Waals surface area contributed by atoms with E-state index in [0.717, 1.165) is 202 Å². The van der Waals surface area contributed by atoms with Crippen LogP contribution in [0.15, 0.2) is 146 Å². The Morgan fingerprint density at radius 2 is 0.457 bits per heavy atom. The van der Waals surface area contributed by atoms with Gasteiger partial charge in [-0.3, -0.25) is 0 Å². The van der Waals surface area contributed by atoms with Crippen molar-refractivity contribution in [2.75, 3.05) is 66.1 Å². The molecule has 0 aliphatic rings. The number of hydrogen-bond donors (Lipinski definition) is 1. The molecule has 6 rings (SSSR count). The molecule has 0 aliphatic heterocycles. The first-order valence-electron chi connectivity index (χ1n) is 39.4. The van der Waals surface area contributed by atoms with Crippen LogP contribution in [0, 0.1) is 39.4 Å². The lowest BCUT2D eigenvalue weighted by Crippen LogP contribution is -2.44. The van der Waals surface area contributed by atoms with Gasteiger partial charge in [0.05, 0.1) is 86.6 Å². The highest BCUT2D eigenvalue weighted by molar-refractivity contribution is 6.86. The first kappa shape index (κ1) is 88.1. The summed E-state index contributed by atoms with van der Waals surface area (Å²) >= 11 is 0. The first-order chi connectivity index (χ1) is 50.2. The van der Waals surface area contributed by atoms with Crippen LogP contribution in [0.3, 0.4) is 0 Å². The van der Waals surface area contributed by atoms with Crippen molar-refractivity contribution in [2.45, 2.75) is 230 Å². The fraction of sp³-hybridized carbons (Fsp3) is 0.547. The van der Waals surface area contributed by atoms with Gasteiger partial charge in [-0.2, -0.15) is 15.8 Å². The summed E-state index contributed by atoms with van der Waals surface area (Å²) in [5, 5.41) is 38.5. The van der Waals surface area contributed by atoms with E-state index in [1.54, 1.807) is 0 Å². The SMILES string of the molecule is C[Si](C)(CCCCCOCC(CO)(COCCCCC[Si](C)(C)O[Si](C)(C)CCCCCOc1ccc(-c2ccc(C#N)cc2)cc1)COCCCCC[Si](C)(C)O[Si](C)(C)CCCCCOc1ccc(-c2ccc(C#N)cc2)cc1)O[Si](C)(C)CCCCCOc1ccc(-c2ccc(C#N)cc2)cc1. The topological polar surface area (TPSA) is 175 Å². The van der Waals surface area contributed by atoms with E-state index in [9.17, 15) is 5.11 Å². The number of aliphatic hydroxyl groups is 1. The van der Waals surface area contributed by atoms with Crippen molar-refractivity contribution in [3.63, 3.8) is 0 Å². The highest BCUT2D eigenvalue weighted by Gasteiger charge is 2.36. The minimum Gasteiger partial charge on any atom is -0.494 e. The molecule has 0 bridgehead atoms. The Morgan fingerprint density at radius 1 is 0.267 bits per heavy atom. The Balaban J connectivity index is 0.857. The van der Waals surface area contributed by atoms with Gasteiger partial charge < -0.3 is 45.9 Å². The van der Waals surface area contributed by atoms with E-state index in [1.807, 2.05) is 109 Å². The molecule has 0 unspecified atom stereocenters. The third-order valence-electron chi connectivity index (χ3n) is 19.6. The van der Waals surface area contributed by atoms with Crippen LogP contribution in [-0.2, 0) is 26.6 Å². The van der Waals surface area contributed by atoms with Crippen LogP contribution >= 0.6 is 0 Å². The summed E-state index contributed by atoms with van der Waals surface area (Å²) < 4.78 is 58.8. The first-order valence-corrected chi connectivity index (χ1v) is 58.1. The van der Waals surface area contributed by atoms with Crippen LogP contribution in [0.4, 0.5) is 0 Å². The van der Waals surface area contributed by atoms with Crippen molar-refractivity contribution >= 4 is 49.9 Å². The summed E-state index contributed by atoms with van der Waals surface area (Å²) in [6.45, 7) is 33.9. The lowest BCUT2D eigenvalue weighted by atomic mass is 9.92. The van der Waals surface area contributed by atoms with E-state index < -0.39 is 55.3 Å². The molecular weight excluding hydrogens is 1400 g/mol. The van der Waals surface area contributed by atoms with Crippen LogP contribution in [-0.4, -0.2) is 121 Å². The van der Waals surface area contributed by atoms with Gasteiger partial charge in [0.15, 0.2) is 49.9 Å². The third-order valence-corrected chi connectivity index (χ3v) is 42.2. The molecule has 13 nitrogen and oxygen atoms in total. The fourth-order valence-electron chi connectivity index (χ4n) is 14.0. The average molecular weight is 1530 g/mol. The Bertz CT molecular complexity index is 3150. The number of benzene rings is 6. The molecule has 572 valence electrons. The molecule has 6 aromatic rings. The molecule has 0 amide bonds. The lowest BCUT2D eigenvalue weighted by molar-refractivity contribution is -0.0937. The van der Waals surface area contributed by atoms with Gasteiger partial charge in [0.2, 0.25) is 0 Å². The fourth-order valence-corrected chi connectivity index (χ4v) is 41.0. The van der Waals surface area contributed by atoms with E-state index in [0.29, 0.717) is 76.2 Å². The second kappa shape index (κ2) is 45.9. The summed E-state index contributed by atoms with van der Waals surface area (Å²) in [4.78, 5) is 0. The van der Waals surface area contributed by atoms with Gasteiger partial charge in [0.1, 0.15) is 17.2 Å². The van der Waals surface area contributed by atoms with Crippen molar-refractivity contribution in [1.29, 1.82) is 15.8 Å². The zero-order valence-electron chi connectivity index (χ0n) is 66.4. The number of aliphatic hydroxyl groups excluding tert-OH is 1.